The Hall–Kier alpha value is -0.420. The van der Waals surface area contributed by atoms with Crippen molar-refractivity contribution in [1.82, 2.24) is 4.98 Å². The zero-order valence-corrected chi connectivity index (χ0v) is 9.89. The molecule has 0 aromatic carbocycles. The minimum absolute atomic E-state index is 0.265. The fourth-order valence-corrected chi connectivity index (χ4v) is 2.52. The first-order chi connectivity index (χ1) is 6.64. The highest BCUT2D eigenvalue weighted by Crippen LogP contribution is 2.35. The van der Waals surface area contributed by atoms with Crippen molar-refractivity contribution in [2.24, 2.45) is 5.14 Å². The number of primary sulfonamides is 1. The van der Waals surface area contributed by atoms with Crippen LogP contribution in [0, 0.1) is 3.57 Å². The zero-order valence-electron chi connectivity index (χ0n) is 6.92. The third-order valence-electron chi connectivity index (χ3n) is 1.42. The molecule has 4 nitrogen and oxygen atoms in total. The van der Waals surface area contributed by atoms with Gasteiger partial charge < -0.3 is 0 Å². The van der Waals surface area contributed by atoms with Crippen LogP contribution in [-0.4, -0.2) is 13.4 Å². The van der Waals surface area contributed by atoms with Crippen molar-refractivity contribution >= 4 is 32.6 Å². The van der Waals surface area contributed by atoms with Crippen LogP contribution >= 0.6 is 22.6 Å². The van der Waals surface area contributed by atoms with Crippen LogP contribution in [0.3, 0.4) is 0 Å². The van der Waals surface area contributed by atoms with E-state index in [1.807, 2.05) is 0 Å². The maximum absolute atomic E-state index is 12.5. The lowest BCUT2D eigenvalue weighted by Crippen LogP contribution is -2.21. The van der Waals surface area contributed by atoms with E-state index in [-0.39, 0.29) is 3.57 Å². The largest absolute Gasteiger partial charge is 0.420 e. The number of hydrogen-bond donors (Lipinski definition) is 1. The Morgan fingerprint density at radius 3 is 2.27 bits per heavy atom. The van der Waals surface area contributed by atoms with Crippen molar-refractivity contribution in [3.8, 4) is 0 Å². The molecule has 1 aromatic heterocycles. The van der Waals surface area contributed by atoms with Crippen molar-refractivity contribution in [2.75, 3.05) is 0 Å². The molecular weight excluding hydrogens is 348 g/mol. The van der Waals surface area contributed by atoms with Gasteiger partial charge in [-0.15, -0.1) is 0 Å². The SMILES string of the molecule is NS(=O)(=O)c1nccc(I)c1C(F)(F)F. The van der Waals surface area contributed by atoms with E-state index in [0.29, 0.717) is 0 Å². The van der Waals surface area contributed by atoms with Gasteiger partial charge in [-0.2, -0.15) is 13.2 Å². The smallest absolute Gasteiger partial charge is 0.243 e. The molecule has 1 heterocycles. The molecule has 0 bridgehead atoms. The molecule has 0 atom stereocenters. The minimum atomic E-state index is -4.80. The van der Waals surface area contributed by atoms with Crippen LogP contribution in [0.5, 0.6) is 0 Å². The summed E-state index contributed by atoms with van der Waals surface area (Å²) < 4.78 is 58.9. The maximum atomic E-state index is 12.5. The van der Waals surface area contributed by atoms with Crippen LogP contribution in [0.1, 0.15) is 5.56 Å². The molecule has 0 saturated carbocycles. The number of nitrogens with zero attached hydrogens (tertiary/aromatic N) is 1. The highest BCUT2D eigenvalue weighted by molar-refractivity contribution is 14.1. The standard InChI is InChI=1S/C6H4F3IN2O2S/c7-6(8,9)4-3(10)1-2-12-5(4)15(11,13)14/h1-2H,(H2,11,13,14). The van der Waals surface area contributed by atoms with Crippen LogP contribution in [0.25, 0.3) is 0 Å². The van der Waals surface area contributed by atoms with E-state index >= 15 is 0 Å². The van der Waals surface area contributed by atoms with Gasteiger partial charge in [0.15, 0.2) is 5.03 Å². The summed E-state index contributed by atoms with van der Waals surface area (Å²) in [6.45, 7) is 0. The summed E-state index contributed by atoms with van der Waals surface area (Å²) in [4.78, 5) is 3.14. The van der Waals surface area contributed by atoms with Gasteiger partial charge in [0.25, 0.3) is 10.0 Å². The molecule has 84 valence electrons. The Bertz CT molecular complexity index is 486. The minimum Gasteiger partial charge on any atom is -0.243 e. The Balaban J connectivity index is 3.63. The van der Waals surface area contributed by atoms with Gasteiger partial charge in [0.05, 0.1) is 0 Å². The molecule has 0 aliphatic carbocycles. The lowest BCUT2D eigenvalue weighted by molar-refractivity contribution is -0.141. The summed E-state index contributed by atoms with van der Waals surface area (Å²) in [6.07, 6.45) is -3.84. The summed E-state index contributed by atoms with van der Waals surface area (Å²) >= 11 is 1.37. The molecule has 0 spiro atoms. The number of alkyl halides is 3. The molecule has 15 heavy (non-hydrogen) atoms. The number of halogens is 4. The molecule has 1 rings (SSSR count). The topological polar surface area (TPSA) is 73.1 Å². The van der Waals surface area contributed by atoms with E-state index in [1.165, 1.54) is 22.6 Å². The summed E-state index contributed by atoms with van der Waals surface area (Å²) in [5.74, 6) is 0. The molecule has 2 N–H and O–H groups in total. The third-order valence-corrected chi connectivity index (χ3v) is 3.17. The number of aromatic nitrogens is 1. The van der Waals surface area contributed by atoms with Crippen molar-refractivity contribution in [1.29, 1.82) is 0 Å². The number of nitrogens with two attached hydrogens (primary N) is 1. The highest BCUT2D eigenvalue weighted by atomic mass is 127. The quantitative estimate of drug-likeness (QED) is 0.776. The predicted octanol–water partition coefficient (Wildman–Crippen LogP) is 1.35. The average molecular weight is 352 g/mol. The molecule has 1 aromatic rings. The first-order valence-corrected chi connectivity index (χ1v) is 6.01. The summed E-state index contributed by atoms with van der Waals surface area (Å²) in [7, 11) is -4.48. The van der Waals surface area contributed by atoms with E-state index in [4.69, 9.17) is 0 Å². The first kappa shape index (κ1) is 12.6. The molecule has 0 aliphatic rings. The van der Waals surface area contributed by atoms with Crippen molar-refractivity contribution in [3.63, 3.8) is 0 Å². The molecule has 0 radical (unpaired) electrons. The molecular formula is C6H4F3IN2O2S. The average Bonchev–Trinajstić information content (AvgIpc) is 1.99. The molecule has 0 aliphatic heterocycles. The van der Waals surface area contributed by atoms with Crippen molar-refractivity contribution < 1.29 is 21.6 Å². The van der Waals surface area contributed by atoms with Crippen LogP contribution in [0.2, 0.25) is 0 Å². The van der Waals surface area contributed by atoms with Gasteiger partial charge in [0.1, 0.15) is 5.56 Å². The van der Waals surface area contributed by atoms with E-state index in [9.17, 15) is 21.6 Å². The summed E-state index contributed by atoms with van der Waals surface area (Å²) in [6, 6.07) is 1.05. The van der Waals surface area contributed by atoms with Gasteiger partial charge in [-0.1, -0.05) is 0 Å². The fourth-order valence-electron chi connectivity index (χ4n) is 0.893. The van der Waals surface area contributed by atoms with Crippen molar-refractivity contribution in [3.05, 3.63) is 21.4 Å². The van der Waals surface area contributed by atoms with E-state index in [2.05, 4.69) is 10.1 Å². The summed E-state index contributed by atoms with van der Waals surface area (Å²) in [5, 5.41) is 3.48. The number of rotatable bonds is 1. The van der Waals surface area contributed by atoms with Crippen LogP contribution in [-0.2, 0) is 16.2 Å². The lowest BCUT2D eigenvalue weighted by Gasteiger charge is -2.11. The van der Waals surface area contributed by atoms with Crippen LogP contribution in [0.15, 0.2) is 17.3 Å². The number of pyridine rings is 1. The van der Waals surface area contributed by atoms with Gasteiger partial charge in [-0.05, 0) is 28.7 Å². The Labute approximate surface area is 96.9 Å². The second-order valence-electron chi connectivity index (χ2n) is 2.52. The van der Waals surface area contributed by atoms with Crippen LogP contribution in [0.4, 0.5) is 13.2 Å². The van der Waals surface area contributed by atoms with E-state index in [1.54, 1.807) is 0 Å². The molecule has 0 amide bonds. The molecule has 0 unspecified atom stereocenters. The van der Waals surface area contributed by atoms with E-state index < -0.39 is 26.8 Å². The molecule has 9 heteroatoms. The Morgan fingerprint density at radius 1 is 1.40 bits per heavy atom. The number of sulfonamides is 1. The van der Waals surface area contributed by atoms with Crippen LogP contribution < -0.4 is 5.14 Å². The lowest BCUT2D eigenvalue weighted by atomic mass is 10.3. The fraction of sp³-hybridized carbons (Fsp3) is 0.167. The second-order valence-corrected chi connectivity index (χ2v) is 5.15. The third kappa shape index (κ3) is 2.78. The summed E-state index contributed by atoms with van der Waals surface area (Å²) in [5.41, 5.74) is -1.33. The Morgan fingerprint density at radius 2 is 1.93 bits per heavy atom. The number of hydrogen-bond acceptors (Lipinski definition) is 3. The first-order valence-electron chi connectivity index (χ1n) is 3.38. The Kier molecular flexibility index (Phi) is 3.26. The van der Waals surface area contributed by atoms with E-state index in [0.717, 1.165) is 12.3 Å². The molecule has 0 fully saturated rings. The second kappa shape index (κ2) is 3.87. The zero-order chi connectivity index (χ0) is 11.9. The molecule has 0 saturated heterocycles. The van der Waals surface area contributed by atoms with Gasteiger partial charge in [0, 0.05) is 9.77 Å². The maximum Gasteiger partial charge on any atom is 0.420 e. The van der Waals surface area contributed by atoms with Gasteiger partial charge in [0.2, 0.25) is 0 Å². The van der Waals surface area contributed by atoms with Gasteiger partial charge >= 0.3 is 6.18 Å². The predicted molar refractivity (Wildman–Crippen MR) is 53.3 cm³/mol. The van der Waals surface area contributed by atoms with Crippen molar-refractivity contribution in [2.45, 2.75) is 11.2 Å². The highest BCUT2D eigenvalue weighted by Gasteiger charge is 2.39. The van der Waals surface area contributed by atoms with Gasteiger partial charge in [-0.25, -0.2) is 18.5 Å². The monoisotopic (exact) mass is 352 g/mol. The normalized spacial score (nSPS) is 12.9. The van der Waals surface area contributed by atoms with Gasteiger partial charge in [-0.3, -0.25) is 0 Å².